The average Bonchev–Trinajstić information content (AvgIpc) is 3.40. The van der Waals surface area contributed by atoms with Crippen LogP contribution in [0.4, 0.5) is 0 Å². The van der Waals surface area contributed by atoms with Crippen molar-refractivity contribution in [3.05, 3.63) is 11.6 Å². The summed E-state index contributed by atoms with van der Waals surface area (Å²) in [5, 5.41) is 3.38. The van der Waals surface area contributed by atoms with E-state index in [-0.39, 0.29) is 24.9 Å². The quantitative estimate of drug-likeness (QED) is 0.0527. The van der Waals surface area contributed by atoms with Crippen LogP contribution in [0.25, 0.3) is 0 Å². The van der Waals surface area contributed by atoms with Gasteiger partial charge in [0.1, 0.15) is 12.4 Å². The Morgan fingerprint density at radius 3 is 2.46 bits per heavy atom. The van der Waals surface area contributed by atoms with E-state index in [0.717, 1.165) is 101 Å². The summed E-state index contributed by atoms with van der Waals surface area (Å²) in [4.78, 5) is 25.0. The van der Waals surface area contributed by atoms with Crippen LogP contribution in [0.15, 0.2) is 11.6 Å². The number of nitrogens with zero attached hydrogens (tertiary/aromatic N) is 1. The highest BCUT2D eigenvalue weighted by Crippen LogP contribution is 2.66. The van der Waals surface area contributed by atoms with E-state index in [0.29, 0.717) is 10.8 Å². The number of hydrogen-bond acceptors (Lipinski definition) is 7. The molecular formula is C41H76N4O3. The predicted octanol–water partition coefficient (Wildman–Crippen LogP) is 7.66. The molecular weight excluding hydrogens is 596 g/mol. The highest BCUT2D eigenvalue weighted by atomic mass is 16.5. The lowest BCUT2D eigenvalue weighted by molar-refractivity contribution is -0.152. The van der Waals surface area contributed by atoms with Gasteiger partial charge in [0, 0.05) is 12.8 Å². The highest BCUT2D eigenvalue weighted by Gasteiger charge is 2.58. The molecule has 7 nitrogen and oxygen atoms in total. The summed E-state index contributed by atoms with van der Waals surface area (Å²) in [5.74, 6) is 4.14. The zero-order valence-corrected chi connectivity index (χ0v) is 31.9. The van der Waals surface area contributed by atoms with Gasteiger partial charge in [-0.05, 0) is 164 Å². The molecule has 278 valence electrons. The van der Waals surface area contributed by atoms with Gasteiger partial charge in [0.2, 0.25) is 0 Å². The number of rotatable bonds is 20. The molecule has 3 fully saturated rings. The van der Waals surface area contributed by atoms with E-state index in [1.54, 1.807) is 5.57 Å². The van der Waals surface area contributed by atoms with Crippen LogP contribution in [0.5, 0.6) is 0 Å². The van der Waals surface area contributed by atoms with Crippen molar-refractivity contribution in [2.45, 2.75) is 149 Å². The average molecular weight is 673 g/mol. The van der Waals surface area contributed by atoms with Crippen molar-refractivity contribution in [2.24, 2.45) is 51.9 Å². The van der Waals surface area contributed by atoms with Crippen LogP contribution in [0.1, 0.15) is 143 Å². The Kier molecular flexibility index (Phi) is 18.1. The maximum atomic E-state index is 12.1. The second-order valence-electron chi connectivity index (χ2n) is 16.9. The molecule has 0 aliphatic heterocycles. The maximum Gasteiger partial charge on any atom is 0.306 e. The number of nitrogens with two attached hydrogens (primary N) is 2. The van der Waals surface area contributed by atoms with Gasteiger partial charge in [-0.1, -0.05) is 58.6 Å². The minimum Gasteiger partial charge on any atom is -0.462 e. The van der Waals surface area contributed by atoms with Crippen molar-refractivity contribution >= 4 is 12.3 Å². The fourth-order valence-corrected chi connectivity index (χ4v) is 10.1. The molecule has 4 aliphatic rings. The second-order valence-corrected chi connectivity index (χ2v) is 16.9. The van der Waals surface area contributed by atoms with E-state index in [1.807, 2.05) is 0 Å². The Balaban J connectivity index is 0.000000353. The van der Waals surface area contributed by atoms with Gasteiger partial charge in [-0.2, -0.15) is 0 Å². The van der Waals surface area contributed by atoms with Gasteiger partial charge in [0.05, 0.1) is 6.42 Å². The van der Waals surface area contributed by atoms with E-state index in [4.69, 9.17) is 16.2 Å². The molecule has 0 aromatic carbocycles. The number of allylic oxidation sites excluding steroid dienone is 1. The fraction of sp³-hybridized carbons (Fsp3) is 0.902. The molecule has 4 rings (SSSR count). The van der Waals surface area contributed by atoms with E-state index < -0.39 is 0 Å². The molecule has 4 aliphatic carbocycles. The van der Waals surface area contributed by atoms with Crippen molar-refractivity contribution in [1.29, 1.82) is 0 Å². The molecule has 0 amide bonds. The number of carbonyl (C=O) groups excluding carboxylic acids is 2. The number of hydrogen-bond donors (Lipinski definition) is 3. The molecule has 0 saturated heterocycles. The lowest BCUT2D eigenvalue weighted by Crippen LogP contribution is -2.50. The van der Waals surface area contributed by atoms with Crippen molar-refractivity contribution in [1.82, 2.24) is 10.2 Å². The van der Waals surface area contributed by atoms with E-state index >= 15 is 0 Å². The smallest absolute Gasteiger partial charge is 0.306 e. The van der Waals surface area contributed by atoms with Crippen molar-refractivity contribution in [3.8, 4) is 0 Å². The van der Waals surface area contributed by atoms with E-state index in [9.17, 15) is 9.59 Å². The topological polar surface area (TPSA) is 111 Å². The first-order chi connectivity index (χ1) is 23.1. The summed E-state index contributed by atoms with van der Waals surface area (Å²) in [5.41, 5.74) is 13.3. The van der Waals surface area contributed by atoms with Crippen molar-refractivity contribution < 1.29 is 14.3 Å². The van der Waals surface area contributed by atoms with Gasteiger partial charge in [0.25, 0.3) is 0 Å². The third kappa shape index (κ3) is 11.9. The molecule has 7 atom stereocenters. The Morgan fingerprint density at radius 2 is 1.73 bits per heavy atom. The summed E-state index contributed by atoms with van der Waals surface area (Å²) in [7, 11) is 2.16. The Hall–Kier alpha value is -1.28. The molecule has 7 unspecified atom stereocenters. The largest absolute Gasteiger partial charge is 0.462 e. The molecule has 5 N–H and O–H groups in total. The van der Waals surface area contributed by atoms with Gasteiger partial charge in [-0.3, -0.25) is 4.79 Å². The van der Waals surface area contributed by atoms with Crippen LogP contribution in [-0.4, -0.2) is 69.6 Å². The van der Waals surface area contributed by atoms with Crippen LogP contribution >= 0.6 is 0 Å². The molecule has 48 heavy (non-hydrogen) atoms. The predicted molar refractivity (Wildman–Crippen MR) is 201 cm³/mol. The molecule has 0 radical (unpaired) electrons. The minimum absolute atomic E-state index is 0.00980. The standard InChI is InChI=1S/C30H48O3.C11H28N4/c1-21(2)8-5-6-9-22-12-14-26-25-13-11-23-20-24(33-28(32)10-7-19-31)15-17-30(23,4)27(25)16-18-29(22,26)3;1-15(11-5-7-13)10-3-2-8-14-9-4-6-12/h11,19,21-22,24-27H,5-10,12-18,20H2,1-4H3;14H,2-13H2,1H3. The number of carbonyl (C=O) groups is 2. The molecule has 0 spiro atoms. The summed E-state index contributed by atoms with van der Waals surface area (Å²) >= 11 is 0. The fourth-order valence-electron chi connectivity index (χ4n) is 10.1. The summed E-state index contributed by atoms with van der Waals surface area (Å²) in [6.07, 6.45) is 24.2. The van der Waals surface area contributed by atoms with Crippen LogP contribution in [0, 0.1) is 40.4 Å². The van der Waals surface area contributed by atoms with Gasteiger partial charge in [-0.15, -0.1) is 0 Å². The van der Waals surface area contributed by atoms with Crippen molar-refractivity contribution in [3.63, 3.8) is 0 Å². The van der Waals surface area contributed by atoms with Gasteiger partial charge in [0.15, 0.2) is 0 Å². The van der Waals surface area contributed by atoms with Crippen LogP contribution < -0.4 is 16.8 Å². The molecule has 0 bridgehead atoms. The summed E-state index contributed by atoms with van der Waals surface area (Å²) in [6, 6.07) is 0. The van der Waals surface area contributed by atoms with E-state index in [2.05, 4.69) is 51.0 Å². The first-order valence-electron chi connectivity index (χ1n) is 20.2. The Labute approximate surface area is 295 Å². The SMILES string of the molecule is CC(C)CCCCC1CCC2C3CC=C4CC(OC(=O)CCC=O)CCC4(C)C3CCC12C.CN(CCCN)CCCCNCCCN. The summed E-state index contributed by atoms with van der Waals surface area (Å²) in [6.45, 7) is 15.9. The van der Waals surface area contributed by atoms with Gasteiger partial charge >= 0.3 is 5.97 Å². The third-order valence-electron chi connectivity index (χ3n) is 13.0. The van der Waals surface area contributed by atoms with Crippen LogP contribution in [0.2, 0.25) is 0 Å². The zero-order chi connectivity index (χ0) is 35.0. The highest BCUT2D eigenvalue weighted by molar-refractivity contribution is 5.72. The van der Waals surface area contributed by atoms with Gasteiger partial charge in [-0.25, -0.2) is 0 Å². The number of fused-ring (bicyclic) bond motifs is 5. The number of ether oxygens (including phenoxy) is 1. The summed E-state index contributed by atoms with van der Waals surface area (Å²) < 4.78 is 5.75. The Bertz CT molecular complexity index is 971. The number of esters is 1. The van der Waals surface area contributed by atoms with Crippen molar-refractivity contribution in [2.75, 3.05) is 46.3 Å². The lowest BCUT2D eigenvalue weighted by Gasteiger charge is -2.58. The monoisotopic (exact) mass is 673 g/mol. The molecule has 0 aromatic rings. The zero-order valence-electron chi connectivity index (χ0n) is 31.9. The number of nitrogens with one attached hydrogen (secondary N) is 1. The Morgan fingerprint density at radius 1 is 0.979 bits per heavy atom. The number of unbranched alkanes of at least 4 members (excludes halogenated alkanes) is 2. The lowest BCUT2D eigenvalue weighted by atomic mass is 9.47. The minimum atomic E-state index is -0.205. The molecule has 0 heterocycles. The third-order valence-corrected chi connectivity index (χ3v) is 13.0. The second kappa shape index (κ2) is 21.2. The molecule has 7 heteroatoms. The van der Waals surface area contributed by atoms with Gasteiger partial charge < -0.3 is 31.2 Å². The first kappa shape index (κ1) is 41.1. The molecule has 0 aromatic heterocycles. The number of aldehydes is 1. The van der Waals surface area contributed by atoms with E-state index in [1.165, 1.54) is 77.2 Å². The van der Waals surface area contributed by atoms with Crippen LogP contribution in [0.3, 0.4) is 0 Å². The maximum absolute atomic E-state index is 12.1. The molecule has 3 saturated carbocycles. The van der Waals surface area contributed by atoms with Crippen LogP contribution in [-0.2, 0) is 14.3 Å². The normalized spacial score (nSPS) is 30.9. The first-order valence-corrected chi connectivity index (χ1v) is 20.2.